The Morgan fingerprint density at radius 1 is 1.14 bits per heavy atom. The maximum atomic E-state index is 11.9. The number of hydrazine groups is 1. The van der Waals surface area contributed by atoms with E-state index in [4.69, 9.17) is 0 Å². The molecular weight excluding hydrogens is 332 g/mol. The summed E-state index contributed by atoms with van der Waals surface area (Å²) < 4.78 is 0.862. The van der Waals surface area contributed by atoms with E-state index in [0.717, 1.165) is 15.6 Å². The van der Waals surface area contributed by atoms with Crippen LogP contribution in [0.4, 0.5) is 0 Å². The van der Waals surface area contributed by atoms with E-state index in [9.17, 15) is 4.79 Å². The predicted octanol–water partition coefficient (Wildman–Crippen LogP) is 1.84. The lowest BCUT2D eigenvalue weighted by atomic mass is 10.1. The first-order valence-electron chi connectivity index (χ1n) is 6.51. The Kier molecular flexibility index (Phi) is 3.96. The monoisotopic (exact) mass is 344 g/mol. The minimum absolute atomic E-state index is 0.134. The van der Waals surface area contributed by atoms with Crippen LogP contribution in [-0.4, -0.2) is 22.8 Å². The number of nitrogens with zero attached hydrogens (tertiary/aromatic N) is 2. The normalized spacial score (nSPS) is 17.7. The van der Waals surface area contributed by atoms with Gasteiger partial charge < -0.3 is 0 Å². The third kappa shape index (κ3) is 3.28. The summed E-state index contributed by atoms with van der Waals surface area (Å²) in [5.74, 6) is 0.481. The van der Waals surface area contributed by atoms with E-state index >= 15 is 0 Å². The lowest BCUT2D eigenvalue weighted by Gasteiger charge is -2.22. The molecule has 1 unspecified atom stereocenters. The molecule has 0 aliphatic carbocycles. The van der Waals surface area contributed by atoms with Crippen LogP contribution in [0.15, 0.2) is 58.3 Å². The first kappa shape index (κ1) is 13.8. The maximum Gasteiger partial charge on any atom is 0.263 e. The molecule has 1 aromatic carbocycles. The molecule has 3 rings (SSSR count). The smallest absolute Gasteiger partial charge is 0.263 e. The van der Waals surface area contributed by atoms with Gasteiger partial charge >= 0.3 is 0 Å². The molecular formula is C15H13BrN4O. The molecule has 1 aliphatic rings. The minimum Gasteiger partial charge on any atom is -0.282 e. The van der Waals surface area contributed by atoms with Gasteiger partial charge in [0.05, 0.1) is 0 Å². The van der Waals surface area contributed by atoms with Gasteiger partial charge in [-0.15, -0.1) is 0 Å². The zero-order valence-corrected chi connectivity index (χ0v) is 12.7. The number of amides is 1. The van der Waals surface area contributed by atoms with Crippen molar-refractivity contribution < 1.29 is 4.79 Å². The highest BCUT2D eigenvalue weighted by Crippen LogP contribution is 2.13. The van der Waals surface area contributed by atoms with Crippen LogP contribution in [0.3, 0.4) is 0 Å². The summed E-state index contributed by atoms with van der Waals surface area (Å²) in [6.45, 7) is 0. The van der Waals surface area contributed by atoms with Crippen LogP contribution in [0.2, 0.25) is 0 Å². The summed E-state index contributed by atoms with van der Waals surface area (Å²) in [5.41, 5.74) is 7.38. The van der Waals surface area contributed by atoms with Gasteiger partial charge in [-0.05, 0) is 27.6 Å². The number of rotatable bonds is 3. The number of halogens is 1. The molecule has 5 nitrogen and oxygen atoms in total. The molecule has 1 amide bonds. The van der Waals surface area contributed by atoms with Crippen LogP contribution in [0.1, 0.15) is 11.1 Å². The number of aliphatic imine (C=N–C) groups is 1. The van der Waals surface area contributed by atoms with Crippen LogP contribution in [0.25, 0.3) is 0 Å². The van der Waals surface area contributed by atoms with Crippen LogP contribution >= 0.6 is 15.9 Å². The molecule has 1 aromatic heterocycles. The van der Waals surface area contributed by atoms with Crippen molar-refractivity contribution in [1.82, 2.24) is 15.8 Å². The Morgan fingerprint density at radius 3 is 2.71 bits per heavy atom. The van der Waals surface area contributed by atoms with E-state index in [1.807, 2.05) is 36.4 Å². The second-order valence-corrected chi connectivity index (χ2v) is 5.60. The standard InChI is InChI=1S/C15H13BrN4O/c16-12-7-11(8-17-9-12)14-18-13(15(21)20-19-14)6-10-4-2-1-3-5-10/h1-5,7-9,13H,6H2,(H,18,19)(H,20,21). The quantitative estimate of drug-likeness (QED) is 0.892. The van der Waals surface area contributed by atoms with Gasteiger partial charge in [0.1, 0.15) is 11.9 Å². The van der Waals surface area contributed by atoms with Crippen molar-refractivity contribution in [3.05, 3.63) is 64.4 Å². The number of hydrogen-bond acceptors (Lipinski definition) is 4. The number of amidine groups is 1. The fourth-order valence-electron chi connectivity index (χ4n) is 2.11. The van der Waals surface area contributed by atoms with Crippen molar-refractivity contribution in [2.45, 2.75) is 12.5 Å². The highest BCUT2D eigenvalue weighted by Gasteiger charge is 2.24. The van der Waals surface area contributed by atoms with Gasteiger partial charge in [0, 0.05) is 28.9 Å². The van der Waals surface area contributed by atoms with Crippen molar-refractivity contribution in [2.24, 2.45) is 4.99 Å². The van der Waals surface area contributed by atoms with E-state index < -0.39 is 6.04 Å². The SMILES string of the molecule is O=C1NNC(c2cncc(Br)c2)=NC1Cc1ccccc1. The van der Waals surface area contributed by atoms with Crippen molar-refractivity contribution in [3.8, 4) is 0 Å². The lowest BCUT2D eigenvalue weighted by molar-refractivity contribution is -0.123. The second-order valence-electron chi connectivity index (χ2n) is 4.69. The number of pyridine rings is 1. The predicted molar refractivity (Wildman–Crippen MR) is 83.7 cm³/mol. The fraction of sp³-hybridized carbons (Fsp3) is 0.133. The second kappa shape index (κ2) is 6.05. The molecule has 2 aromatic rings. The van der Waals surface area contributed by atoms with Crippen molar-refractivity contribution in [2.75, 3.05) is 0 Å². The molecule has 0 radical (unpaired) electrons. The van der Waals surface area contributed by atoms with Crippen LogP contribution < -0.4 is 10.9 Å². The van der Waals surface area contributed by atoms with E-state index in [-0.39, 0.29) is 5.91 Å². The molecule has 0 bridgehead atoms. The molecule has 6 heteroatoms. The summed E-state index contributed by atoms with van der Waals surface area (Å²) >= 11 is 3.38. The van der Waals surface area contributed by atoms with Gasteiger partial charge in [-0.3, -0.25) is 25.6 Å². The largest absolute Gasteiger partial charge is 0.282 e. The van der Waals surface area contributed by atoms with Crippen molar-refractivity contribution >= 4 is 27.7 Å². The third-order valence-corrected chi connectivity index (χ3v) is 3.58. The summed E-state index contributed by atoms with van der Waals surface area (Å²) in [7, 11) is 0. The lowest BCUT2D eigenvalue weighted by Crippen LogP contribution is -2.52. The highest BCUT2D eigenvalue weighted by molar-refractivity contribution is 9.10. The van der Waals surface area contributed by atoms with Gasteiger partial charge in [0.2, 0.25) is 0 Å². The molecule has 0 saturated carbocycles. The van der Waals surface area contributed by atoms with Crippen LogP contribution in [-0.2, 0) is 11.2 Å². The summed E-state index contributed by atoms with van der Waals surface area (Å²) in [6.07, 6.45) is 3.97. The van der Waals surface area contributed by atoms with Crippen LogP contribution in [0.5, 0.6) is 0 Å². The van der Waals surface area contributed by atoms with Crippen molar-refractivity contribution in [3.63, 3.8) is 0 Å². The van der Waals surface area contributed by atoms with Gasteiger partial charge in [-0.1, -0.05) is 30.3 Å². The molecule has 21 heavy (non-hydrogen) atoms. The molecule has 0 fully saturated rings. The topological polar surface area (TPSA) is 66.4 Å². The Morgan fingerprint density at radius 2 is 1.95 bits per heavy atom. The Hall–Kier alpha value is -2.21. The van der Waals surface area contributed by atoms with Gasteiger partial charge in [-0.25, -0.2) is 0 Å². The number of nitrogens with one attached hydrogen (secondary N) is 2. The highest BCUT2D eigenvalue weighted by atomic mass is 79.9. The third-order valence-electron chi connectivity index (χ3n) is 3.14. The number of benzene rings is 1. The van der Waals surface area contributed by atoms with E-state index in [1.54, 1.807) is 12.4 Å². The summed E-state index contributed by atoms with van der Waals surface area (Å²) in [5, 5.41) is 0. The number of carbonyl (C=O) groups is 1. The maximum absolute atomic E-state index is 11.9. The first-order valence-corrected chi connectivity index (χ1v) is 7.30. The Labute approximate surface area is 130 Å². The molecule has 0 spiro atoms. The minimum atomic E-state index is -0.442. The average Bonchev–Trinajstić information content (AvgIpc) is 2.50. The molecule has 2 heterocycles. The summed E-state index contributed by atoms with van der Waals surface area (Å²) in [6, 6.07) is 11.3. The number of aromatic nitrogens is 1. The average molecular weight is 345 g/mol. The van der Waals surface area contributed by atoms with Gasteiger partial charge in [0.25, 0.3) is 5.91 Å². The number of carbonyl (C=O) groups excluding carboxylic acids is 1. The first-order chi connectivity index (χ1) is 10.2. The van der Waals surface area contributed by atoms with E-state index in [1.165, 1.54) is 0 Å². The Balaban J connectivity index is 1.86. The number of hydrogen-bond donors (Lipinski definition) is 2. The fourth-order valence-corrected chi connectivity index (χ4v) is 2.48. The molecule has 1 aliphatic heterocycles. The van der Waals surface area contributed by atoms with Gasteiger partial charge in [-0.2, -0.15) is 0 Å². The molecule has 1 atom stereocenters. The summed E-state index contributed by atoms with van der Waals surface area (Å²) in [4.78, 5) is 20.5. The molecule has 2 N–H and O–H groups in total. The molecule has 106 valence electrons. The van der Waals surface area contributed by atoms with Gasteiger partial charge in [0.15, 0.2) is 0 Å². The Bertz CT molecular complexity index is 687. The zero-order valence-electron chi connectivity index (χ0n) is 11.1. The zero-order chi connectivity index (χ0) is 14.7. The molecule has 0 saturated heterocycles. The van der Waals surface area contributed by atoms with E-state index in [0.29, 0.717) is 12.3 Å². The van der Waals surface area contributed by atoms with Crippen molar-refractivity contribution in [1.29, 1.82) is 0 Å². The van der Waals surface area contributed by atoms with E-state index in [2.05, 4.69) is 36.8 Å². The van der Waals surface area contributed by atoms with Crippen LogP contribution in [0, 0.1) is 0 Å².